The first-order valence-corrected chi connectivity index (χ1v) is 9.95. The summed E-state index contributed by atoms with van der Waals surface area (Å²) in [5, 5.41) is 3.43. The Bertz CT molecular complexity index is 923. The van der Waals surface area contributed by atoms with Crippen LogP contribution in [0.3, 0.4) is 0 Å². The molecule has 6 nitrogen and oxygen atoms in total. The first kappa shape index (κ1) is 20.8. The molecular weight excluding hydrogens is 471 g/mol. The quantitative estimate of drug-likeness (QED) is 0.687. The van der Waals surface area contributed by atoms with Crippen molar-refractivity contribution in [1.82, 2.24) is 4.90 Å². The zero-order chi connectivity index (χ0) is 20.3. The van der Waals surface area contributed by atoms with Crippen molar-refractivity contribution < 1.29 is 19.1 Å². The summed E-state index contributed by atoms with van der Waals surface area (Å²) in [7, 11) is 1.57. The molecule has 2 aromatic rings. The first-order chi connectivity index (χ1) is 13.3. The number of anilines is 1. The van der Waals surface area contributed by atoms with Gasteiger partial charge in [-0.15, -0.1) is 0 Å². The number of likely N-dealkylation sites (N-methyl/N-ethyl adjacent to an activating group) is 1. The molecule has 1 aliphatic heterocycles. The van der Waals surface area contributed by atoms with E-state index in [4.69, 9.17) is 32.7 Å². The third kappa shape index (κ3) is 5.10. The monoisotopic (exact) mass is 486 g/mol. The number of rotatable bonds is 5. The molecule has 2 amide bonds. The molecule has 0 aromatic heterocycles. The number of halogens is 3. The van der Waals surface area contributed by atoms with E-state index < -0.39 is 0 Å². The van der Waals surface area contributed by atoms with Gasteiger partial charge in [-0.25, -0.2) is 0 Å². The average Bonchev–Trinajstić information content (AvgIpc) is 2.65. The number of carbonyl (C=O) groups is 2. The highest BCUT2D eigenvalue weighted by atomic mass is 79.9. The van der Waals surface area contributed by atoms with E-state index in [0.29, 0.717) is 40.4 Å². The topological polar surface area (TPSA) is 67.9 Å². The Hall–Kier alpha value is -1.96. The Morgan fingerprint density at radius 1 is 1.11 bits per heavy atom. The predicted molar refractivity (Wildman–Crippen MR) is 112 cm³/mol. The number of nitrogens with one attached hydrogen (secondary N) is 1. The summed E-state index contributed by atoms with van der Waals surface area (Å²) in [5.41, 5.74) is 1.26. The van der Waals surface area contributed by atoms with Crippen LogP contribution in [-0.4, -0.2) is 43.5 Å². The van der Waals surface area contributed by atoms with Gasteiger partial charge in [-0.1, -0.05) is 39.1 Å². The molecule has 0 spiro atoms. The lowest BCUT2D eigenvalue weighted by Crippen LogP contribution is -2.35. The highest BCUT2D eigenvalue weighted by molar-refractivity contribution is 9.10. The van der Waals surface area contributed by atoms with Crippen LogP contribution in [0.1, 0.15) is 5.56 Å². The fourth-order valence-electron chi connectivity index (χ4n) is 2.62. The van der Waals surface area contributed by atoms with E-state index >= 15 is 0 Å². The summed E-state index contributed by atoms with van der Waals surface area (Å²) >= 11 is 15.2. The fourth-order valence-corrected chi connectivity index (χ4v) is 3.38. The van der Waals surface area contributed by atoms with Gasteiger partial charge in [0.05, 0.1) is 23.0 Å². The molecule has 0 atom stereocenters. The summed E-state index contributed by atoms with van der Waals surface area (Å²) in [6.07, 6.45) is 0.119. The van der Waals surface area contributed by atoms with E-state index in [0.717, 1.165) is 10.0 Å². The number of ether oxygens (including phenoxy) is 2. The minimum absolute atomic E-state index is 0.0960. The minimum atomic E-state index is -0.338. The number of hydrogen-bond donors (Lipinski definition) is 1. The van der Waals surface area contributed by atoms with Crippen molar-refractivity contribution in [1.29, 1.82) is 0 Å². The summed E-state index contributed by atoms with van der Waals surface area (Å²) < 4.78 is 11.8. The molecule has 0 radical (unpaired) electrons. The van der Waals surface area contributed by atoms with Crippen molar-refractivity contribution in [3.8, 4) is 11.5 Å². The van der Waals surface area contributed by atoms with Crippen molar-refractivity contribution in [3.63, 3.8) is 0 Å². The third-order valence-corrected chi connectivity index (χ3v) is 5.54. The van der Waals surface area contributed by atoms with E-state index in [1.165, 1.54) is 4.90 Å². The summed E-state index contributed by atoms with van der Waals surface area (Å²) in [4.78, 5) is 26.1. The van der Waals surface area contributed by atoms with Crippen LogP contribution < -0.4 is 14.8 Å². The molecule has 0 saturated carbocycles. The van der Waals surface area contributed by atoms with Gasteiger partial charge in [0.2, 0.25) is 11.8 Å². The van der Waals surface area contributed by atoms with Crippen LogP contribution in [0.5, 0.6) is 11.5 Å². The molecule has 2 aromatic carbocycles. The Kier molecular flexibility index (Phi) is 6.69. The Balaban J connectivity index is 1.60. The molecule has 0 bridgehead atoms. The molecule has 148 valence electrons. The van der Waals surface area contributed by atoms with E-state index in [9.17, 15) is 9.59 Å². The predicted octanol–water partition coefficient (Wildman–Crippen LogP) is 4.17. The second kappa shape index (κ2) is 9.03. The molecule has 1 aliphatic rings. The second-order valence-corrected chi connectivity index (χ2v) is 7.86. The van der Waals surface area contributed by atoms with Crippen LogP contribution in [0.2, 0.25) is 10.0 Å². The van der Waals surface area contributed by atoms with Crippen molar-refractivity contribution in [2.24, 2.45) is 0 Å². The van der Waals surface area contributed by atoms with Crippen molar-refractivity contribution >= 4 is 56.6 Å². The van der Waals surface area contributed by atoms with Crippen LogP contribution in [0, 0.1) is 0 Å². The van der Waals surface area contributed by atoms with Crippen LogP contribution in [0.15, 0.2) is 34.8 Å². The van der Waals surface area contributed by atoms with Gasteiger partial charge in [-0.3, -0.25) is 9.59 Å². The number of benzene rings is 2. The maximum absolute atomic E-state index is 12.5. The van der Waals surface area contributed by atoms with E-state index in [2.05, 4.69) is 21.2 Å². The minimum Gasteiger partial charge on any atom is -0.486 e. The molecular formula is C19H17BrCl2N2O4. The number of carbonyl (C=O) groups excluding carboxylic acids is 2. The van der Waals surface area contributed by atoms with Gasteiger partial charge in [0, 0.05) is 17.2 Å². The fraction of sp³-hybridized carbons (Fsp3) is 0.263. The van der Waals surface area contributed by atoms with Gasteiger partial charge in [0.15, 0.2) is 11.5 Å². The molecule has 3 rings (SSSR count). The number of hydrogen-bond acceptors (Lipinski definition) is 4. The smallest absolute Gasteiger partial charge is 0.243 e. The van der Waals surface area contributed by atoms with Gasteiger partial charge in [-0.05, 0) is 35.9 Å². The van der Waals surface area contributed by atoms with Gasteiger partial charge in [0.1, 0.15) is 13.2 Å². The lowest BCUT2D eigenvalue weighted by molar-refractivity contribution is -0.132. The Labute approximate surface area is 180 Å². The Morgan fingerprint density at radius 3 is 2.46 bits per heavy atom. The van der Waals surface area contributed by atoms with Crippen molar-refractivity contribution in [2.75, 3.05) is 32.1 Å². The first-order valence-electron chi connectivity index (χ1n) is 8.40. The summed E-state index contributed by atoms with van der Waals surface area (Å²) in [6.45, 7) is 0.868. The molecule has 0 saturated heterocycles. The van der Waals surface area contributed by atoms with Gasteiger partial charge < -0.3 is 19.7 Å². The van der Waals surface area contributed by atoms with Crippen molar-refractivity contribution in [3.05, 3.63) is 50.4 Å². The van der Waals surface area contributed by atoms with Gasteiger partial charge >= 0.3 is 0 Å². The molecule has 28 heavy (non-hydrogen) atoms. The average molecular weight is 488 g/mol. The van der Waals surface area contributed by atoms with Crippen LogP contribution in [-0.2, 0) is 16.0 Å². The van der Waals surface area contributed by atoms with Crippen LogP contribution in [0.4, 0.5) is 5.69 Å². The third-order valence-electron chi connectivity index (χ3n) is 4.06. The lowest BCUT2D eigenvalue weighted by Gasteiger charge is -2.21. The molecule has 0 fully saturated rings. The zero-order valence-electron chi connectivity index (χ0n) is 14.9. The number of nitrogens with zero attached hydrogens (tertiary/aromatic N) is 1. The summed E-state index contributed by atoms with van der Waals surface area (Å²) in [6, 6.07) is 8.35. The van der Waals surface area contributed by atoms with Gasteiger partial charge in [-0.2, -0.15) is 0 Å². The highest BCUT2D eigenvalue weighted by Crippen LogP contribution is 2.35. The largest absolute Gasteiger partial charge is 0.486 e. The van der Waals surface area contributed by atoms with Crippen molar-refractivity contribution in [2.45, 2.75) is 6.42 Å². The number of fused-ring (bicyclic) bond motifs is 1. The van der Waals surface area contributed by atoms with E-state index in [1.54, 1.807) is 37.4 Å². The SMILES string of the molecule is CN(CC(=O)Nc1ccc(Cl)c(Cl)c1)C(=O)Cc1cc2c(cc1Br)OCCO2. The van der Waals surface area contributed by atoms with Crippen LogP contribution in [0.25, 0.3) is 0 Å². The van der Waals surface area contributed by atoms with E-state index in [1.807, 2.05) is 0 Å². The maximum atomic E-state index is 12.5. The normalized spacial score (nSPS) is 12.4. The summed E-state index contributed by atoms with van der Waals surface area (Å²) in [5.74, 6) is 0.707. The van der Waals surface area contributed by atoms with E-state index in [-0.39, 0.29) is 24.8 Å². The van der Waals surface area contributed by atoms with Gasteiger partial charge in [0.25, 0.3) is 0 Å². The molecule has 0 aliphatic carbocycles. The highest BCUT2D eigenvalue weighted by Gasteiger charge is 2.19. The Morgan fingerprint density at radius 2 is 1.79 bits per heavy atom. The maximum Gasteiger partial charge on any atom is 0.243 e. The standard InChI is InChI=1S/C19H17BrCl2N2O4/c1-24(10-18(25)23-12-2-3-14(21)15(22)8-12)19(26)7-11-6-16-17(9-13(11)20)28-5-4-27-16/h2-3,6,8-9H,4-5,7,10H2,1H3,(H,23,25). The lowest BCUT2D eigenvalue weighted by atomic mass is 10.1. The van der Waals surface area contributed by atoms with Crippen LogP contribution >= 0.6 is 39.1 Å². The molecule has 1 N–H and O–H groups in total. The molecule has 9 heteroatoms. The molecule has 1 heterocycles. The molecule has 0 unspecified atom stereocenters. The number of amides is 2. The zero-order valence-corrected chi connectivity index (χ0v) is 18.0. The second-order valence-electron chi connectivity index (χ2n) is 6.19.